The Morgan fingerprint density at radius 1 is 0.931 bits per heavy atom. The second-order valence-corrected chi connectivity index (χ2v) is 6.11. The minimum atomic E-state index is -0.920. The fourth-order valence-corrected chi connectivity index (χ4v) is 2.70. The summed E-state index contributed by atoms with van der Waals surface area (Å²) in [5.74, 6) is -0.265. The van der Waals surface area contributed by atoms with Gasteiger partial charge in [-0.2, -0.15) is 9.78 Å². The van der Waals surface area contributed by atoms with Gasteiger partial charge in [-0.05, 0) is 30.3 Å². The second kappa shape index (κ2) is 7.85. The standard InChI is InChI=1S/C20H16N4O5/c25-18-11-10-14(23-24(18)13-6-2-1-3-7-13)19(26)21-22-20(27)17-12-28-15-8-4-5-9-16(15)29-17/h1-11,17H,12H2,(H,21,26)(H,22,27). The molecule has 0 saturated carbocycles. The van der Waals surface area contributed by atoms with E-state index in [0.29, 0.717) is 17.2 Å². The molecule has 0 radical (unpaired) electrons. The van der Waals surface area contributed by atoms with E-state index in [1.807, 2.05) is 0 Å². The van der Waals surface area contributed by atoms with Gasteiger partial charge in [0.1, 0.15) is 6.61 Å². The smallest absolute Gasteiger partial charge is 0.290 e. The molecular formula is C20H16N4O5. The Kier molecular flexibility index (Phi) is 4.93. The molecule has 1 aliphatic rings. The van der Waals surface area contributed by atoms with Crippen LogP contribution in [0.15, 0.2) is 71.5 Å². The van der Waals surface area contributed by atoms with Crippen molar-refractivity contribution >= 4 is 11.8 Å². The number of hydrogen-bond donors (Lipinski definition) is 2. The molecule has 9 heteroatoms. The quantitative estimate of drug-likeness (QED) is 0.639. The molecule has 0 saturated heterocycles. The summed E-state index contributed by atoms with van der Waals surface area (Å²) in [6.45, 7) is 0.00977. The maximum atomic E-state index is 12.3. The maximum absolute atomic E-state index is 12.3. The van der Waals surface area contributed by atoms with Crippen molar-refractivity contribution in [2.45, 2.75) is 6.10 Å². The lowest BCUT2D eigenvalue weighted by atomic mass is 10.2. The number of hydrogen-bond acceptors (Lipinski definition) is 6. The average Bonchev–Trinajstić information content (AvgIpc) is 2.77. The van der Waals surface area contributed by atoms with Crippen LogP contribution < -0.4 is 25.9 Å². The zero-order chi connectivity index (χ0) is 20.2. The molecule has 2 N–H and O–H groups in total. The minimum Gasteiger partial charge on any atom is -0.485 e. The molecule has 1 unspecified atom stereocenters. The summed E-state index contributed by atoms with van der Waals surface area (Å²) in [6.07, 6.45) is -0.920. The highest BCUT2D eigenvalue weighted by molar-refractivity contribution is 5.94. The van der Waals surface area contributed by atoms with E-state index in [0.717, 1.165) is 4.68 Å². The predicted molar refractivity (Wildman–Crippen MR) is 102 cm³/mol. The van der Waals surface area contributed by atoms with Crippen LogP contribution in [0.2, 0.25) is 0 Å². The van der Waals surface area contributed by atoms with Crippen LogP contribution in [0.1, 0.15) is 10.5 Å². The minimum absolute atomic E-state index is 0.00977. The van der Waals surface area contributed by atoms with Crippen LogP contribution in [0, 0.1) is 0 Å². The van der Waals surface area contributed by atoms with Crippen molar-refractivity contribution in [3.05, 3.63) is 82.8 Å². The molecule has 3 aromatic rings. The van der Waals surface area contributed by atoms with Crippen molar-refractivity contribution in [2.75, 3.05) is 6.61 Å². The van der Waals surface area contributed by atoms with Gasteiger partial charge in [-0.1, -0.05) is 30.3 Å². The van der Waals surface area contributed by atoms with E-state index in [2.05, 4.69) is 16.0 Å². The first-order valence-electron chi connectivity index (χ1n) is 8.76. The number of hydrazine groups is 1. The van der Waals surface area contributed by atoms with Crippen molar-refractivity contribution < 1.29 is 19.1 Å². The third-order valence-electron chi connectivity index (χ3n) is 4.13. The van der Waals surface area contributed by atoms with Crippen LogP contribution in [-0.4, -0.2) is 34.3 Å². The molecule has 2 aromatic carbocycles. The van der Waals surface area contributed by atoms with E-state index in [9.17, 15) is 14.4 Å². The lowest BCUT2D eigenvalue weighted by molar-refractivity contribution is -0.131. The first-order chi connectivity index (χ1) is 14.1. The summed E-state index contributed by atoms with van der Waals surface area (Å²) in [7, 11) is 0. The Labute approximate surface area is 164 Å². The van der Waals surface area contributed by atoms with Gasteiger partial charge in [0.15, 0.2) is 17.2 Å². The highest BCUT2D eigenvalue weighted by Crippen LogP contribution is 2.30. The molecule has 29 heavy (non-hydrogen) atoms. The maximum Gasteiger partial charge on any atom is 0.290 e. The zero-order valence-electron chi connectivity index (χ0n) is 15.1. The Morgan fingerprint density at radius 3 is 2.45 bits per heavy atom. The van der Waals surface area contributed by atoms with Gasteiger partial charge in [-0.25, -0.2) is 0 Å². The second-order valence-electron chi connectivity index (χ2n) is 6.11. The summed E-state index contributed by atoms with van der Waals surface area (Å²) in [5.41, 5.74) is 4.64. The molecule has 0 fully saturated rings. The number of fused-ring (bicyclic) bond motifs is 1. The van der Waals surface area contributed by atoms with Crippen molar-refractivity contribution in [3.63, 3.8) is 0 Å². The van der Waals surface area contributed by atoms with E-state index in [4.69, 9.17) is 9.47 Å². The van der Waals surface area contributed by atoms with Crippen molar-refractivity contribution in [2.24, 2.45) is 0 Å². The van der Waals surface area contributed by atoms with Gasteiger partial charge in [-0.3, -0.25) is 25.2 Å². The van der Waals surface area contributed by atoms with Crippen LogP contribution in [0.25, 0.3) is 5.69 Å². The summed E-state index contributed by atoms with van der Waals surface area (Å²) >= 11 is 0. The molecule has 1 aromatic heterocycles. The average molecular weight is 392 g/mol. The SMILES string of the molecule is O=C(NNC(=O)C1COc2ccccc2O1)c1ccc(=O)n(-c2ccccc2)n1. The van der Waals surface area contributed by atoms with Gasteiger partial charge < -0.3 is 9.47 Å². The fourth-order valence-electron chi connectivity index (χ4n) is 2.70. The Balaban J connectivity index is 1.41. The molecule has 1 aliphatic heterocycles. The monoisotopic (exact) mass is 392 g/mol. The number of carbonyl (C=O) groups is 2. The van der Waals surface area contributed by atoms with E-state index < -0.39 is 17.9 Å². The molecule has 1 atom stereocenters. The van der Waals surface area contributed by atoms with E-state index in [1.54, 1.807) is 54.6 Å². The molecule has 0 aliphatic carbocycles. The van der Waals surface area contributed by atoms with Crippen molar-refractivity contribution in [3.8, 4) is 17.2 Å². The van der Waals surface area contributed by atoms with Gasteiger partial charge in [0.2, 0.25) is 6.10 Å². The normalized spacial score (nSPS) is 14.7. The van der Waals surface area contributed by atoms with Crippen LogP contribution in [0.5, 0.6) is 11.5 Å². The highest BCUT2D eigenvalue weighted by Gasteiger charge is 2.27. The number of benzene rings is 2. The van der Waals surface area contributed by atoms with Gasteiger partial charge >= 0.3 is 0 Å². The van der Waals surface area contributed by atoms with Gasteiger partial charge in [-0.15, -0.1) is 0 Å². The summed E-state index contributed by atoms with van der Waals surface area (Å²) in [5, 5.41) is 4.05. The Bertz CT molecular complexity index is 1110. The van der Waals surface area contributed by atoms with Crippen molar-refractivity contribution in [1.29, 1.82) is 0 Å². The number of amides is 2. The van der Waals surface area contributed by atoms with E-state index >= 15 is 0 Å². The summed E-state index contributed by atoms with van der Waals surface area (Å²) in [6, 6.07) is 18.2. The molecule has 2 heterocycles. The predicted octanol–water partition coefficient (Wildman–Crippen LogP) is 0.833. The molecule has 2 amide bonds. The molecule has 9 nitrogen and oxygen atoms in total. The topological polar surface area (TPSA) is 112 Å². The first kappa shape index (κ1) is 18.2. The summed E-state index contributed by atoms with van der Waals surface area (Å²) < 4.78 is 12.2. The lowest BCUT2D eigenvalue weighted by Gasteiger charge is -2.25. The first-order valence-corrected chi connectivity index (χ1v) is 8.76. The van der Waals surface area contributed by atoms with Gasteiger partial charge in [0, 0.05) is 6.07 Å². The molecular weight excluding hydrogens is 376 g/mol. The fraction of sp³-hybridized carbons (Fsp3) is 0.100. The Hall–Kier alpha value is -4.14. The Morgan fingerprint density at radius 2 is 1.66 bits per heavy atom. The highest BCUT2D eigenvalue weighted by atomic mass is 16.6. The number of rotatable bonds is 3. The van der Waals surface area contributed by atoms with Crippen LogP contribution in [-0.2, 0) is 4.79 Å². The largest absolute Gasteiger partial charge is 0.485 e. The van der Waals surface area contributed by atoms with Gasteiger partial charge in [0.25, 0.3) is 17.4 Å². The lowest BCUT2D eigenvalue weighted by Crippen LogP contribution is -2.51. The molecule has 0 bridgehead atoms. The van der Waals surface area contributed by atoms with Crippen LogP contribution in [0.4, 0.5) is 0 Å². The van der Waals surface area contributed by atoms with Crippen LogP contribution in [0.3, 0.4) is 0 Å². The van der Waals surface area contributed by atoms with E-state index in [1.165, 1.54) is 12.1 Å². The molecule has 0 spiro atoms. The third-order valence-corrected chi connectivity index (χ3v) is 4.13. The van der Waals surface area contributed by atoms with E-state index in [-0.39, 0.29) is 17.9 Å². The summed E-state index contributed by atoms with van der Waals surface area (Å²) in [4.78, 5) is 36.7. The van der Waals surface area contributed by atoms with Crippen molar-refractivity contribution in [1.82, 2.24) is 20.6 Å². The number of nitrogens with one attached hydrogen (secondary N) is 2. The number of ether oxygens (including phenoxy) is 2. The molecule has 146 valence electrons. The number of aromatic nitrogens is 2. The number of para-hydroxylation sites is 3. The zero-order valence-corrected chi connectivity index (χ0v) is 15.1. The number of nitrogens with zero attached hydrogens (tertiary/aromatic N) is 2. The van der Waals surface area contributed by atoms with Gasteiger partial charge in [0.05, 0.1) is 5.69 Å². The number of carbonyl (C=O) groups excluding carboxylic acids is 2. The molecule has 4 rings (SSSR count). The third kappa shape index (κ3) is 3.93. The van der Waals surface area contributed by atoms with Crippen LogP contribution >= 0.6 is 0 Å².